The molecule has 3 aromatic rings. The van der Waals surface area contributed by atoms with Gasteiger partial charge >= 0.3 is 5.97 Å². The molecule has 4 nitrogen and oxygen atoms in total. The van der Waals surface area contributed by atoms with E-state index in [2.05, 4.69) is 10.3 Å². The summed E-state index contributed by atoms with van der Waals surface area (Å²) in [5.74, 6) is -2.31. The van der Waals surface area contributed by atoms with Gasteiger partial charge in [-0.25, -0.2) is 14.2 Å². The number of halogens is 1. The zero-order chi connectivity index (χ0) is 14.8. The average Bonchev–Trinajstić information content (AvgIpc) is 2.49. The molecule has 0 aliphatic heterocycles. The number of hydrogen-bond donors (Lipinski definition) is 2. The van der Waals surface area contributed by atoms with E-state index in [1.807, 2.05) is 36.4 Å². The van der Waals surface area contributed by atoms with Gasteiger partial charge in [0.05, 0.1) is 0 Å². The molecule has 0 radical (unpaired) electrons. The number of carboxylic acid groups (broad SMARTS) is 1. The van der Waals surface area contributed by atoms with Gasteiger partial charge in [-0.2, -0.15) is 0 Å². The first kappa shape index (κ1) is 13.1. The van der Waals surface area contributed by atoms with Gasteiger partial charge in [-0.15, -0.1) is 0 Å². The Hall–Kier alpha value is -2.95. The summed E-state index contributed by atoms with van der Waals surface area (Å²) in [5, 5.41) is 13.7. The Balaban J connectivity index is 2.07. The number of anilines is 2. The van der Waals surface area contributed by atoms with Crippen LogP contribution in [0.4, 0.5) is 15.9 Å². The molecule has 2 N–H and O–H groups in total. The van der Waals surface area contributed by atoms with Crippen LogP contribution in [0.3, 0.4) is 0 Å². The molecule has 2 aromatic carbocycles. The number of carbonyl (C=O) groups is 1. The van der Waals surface area contributed by atoms with Crippen molar-refractivity contribution in [3.05, 3.63) is 66.1 Å². The lowest BCUT2D eigenvalue weighted by molar-refractivity contribution is 0.0692. The number of rotatable bonds is 3. The Bertz CT molecular complexity index is 828. The van der Waals surface area contributed by atoms with Crippen LogP contribution in [0.5, 0.6) is 0 Å². The highest BCUT2D eigenvalue weighted by Gasteiger charge is 2.15. The zero-order valence-corrected chi connectivity index (χ0v) is 10.9. The van der Waals surface area contributed by atoms with E-state index in [0.717, 1.165) is 16.8 Å². The average molecular weight is 282 g/mol. The van der Waals surface area contributed by atoms with Crippen molar-refractivity contribution in [1.82, 2.24) is 4.98 Å². The van der Waals surface area contributed by atoms with Crippen molar-refractivity contribution < 1.29 is 14.3 Å². The molecule has 0 aliphatic carbocycles. The van der Waals surface area contributed by atoms with Crippen molar-refractivity contribution in [2.24, 2.45) is 0 Å². The van der Waals surface area contributed by atoms with Crippen LogP contribution in [0.15, 0.2) is 54.7 Å². The second-order valence-electron chi connectivity index (χ2n) is 4.48. The van der Waals surface area contributed by atoms with E-state index in [-0.39, 0.29) is 5.82 Å². The molecule has 0 unspecified atom stereocenters. The first-order valence-corrected chi connectivity index (χ1v) is 6.29. The Labute approximate surface area is 119 Å². The SMILES string of the molecule is O=C(O)c1ccnc(Nc2cccc3ccccc23)c1F. The van der Waals surface area contributed by atoms with Crippen LogP contribution < -0.4 is 5.32 Å². The fourth-order valence-corrected chi connectivity index (χ4v) is 2.16. The number of fused-ring (bicyclic) bond motifs is 1. The molecule has 0 bridgehead atoms. The van der Waals surface area contributed by atoms with E-state index in [4.69, 9.17) is 5.11 Å². The molecule has 0 saturated heterocycles. The zero-order valence-electron chi connectivity index (χ0n) is 10.9. The summed E-state index contributed by atoms with van der Waals surface area (Å²) in [6, 6.07) is 14.3. The molecule has 3 rings (SSSR count). The molecule has 1 aromatic heterocycles. The van der Waals surface area contributed by atoms with Crippen molar-refractivity contribution in [2.45, 2.75) is 0 Å². The summed E-state index contributed by atoms with van der Waals surface area (Å²) in [7, 11) is 0. The van der Waals surface area contributed by atoms with E-state index in [9.17, 15) is 9.18 Å². The third-order valence-corrected chi connectivity index (χ3v) is 3.16. The minimum absolute atomic E-state index is 0.105. The standard InChI is InChI=1S/C16H11FN2O2/c17-14-12(16(20)21)8-9-18-15(14)19-13-7-3-5-10-4-1-2-6-11(10)13/h1-9H,(H,18,19)(H,20,21). The van der Waals surface area contributed by atoms with Gasteiger partial charge in [0, 0.05) is 17.3 Å². The maximum absolute atomic E-state index is 14.1. The largest absolute Gasteiger partial charge is 0.478 e. The van der Waals surface area contributed by atoms with Gasteiger partial charge in [-0.1, -0.05) is 36.4 Å². The lowest BCUT2D eigenvalue weighted by atomic mass is 10.1. The summed E-state index contributed by atoms with van der Waals surface area (Å²) in [6.07, 6.45) is 1.26. The van der Waals surface area contributed by atoms with Gasteiger partial charge in [0.2, 0.25) is 0 Å². The van der Waals surface area contributed by atoms with Gasteiger partial charge in [-0.3, -0.25) is 0 Å². The fraction of sp³-hybridized carbons (Fsp3) is 0. The Morgan fingerprint density at radius 1 is 1.10 bits per heavy atom. The number of carboxylic acids is 1. The molecule has 0 spiro atoms. The molecule has 21 heavy (non-hydrogen) atoms. The minimum atomic E-state index is -1.32. The Morgan fingerprint density at radius 2 is 1.86 bits per heavy atom. The molecule has 0 fully saturated rings. The molecular formula is C16H11FN2O2. The number of aromatic nitrogens is 1. The fourth-order valence-electron chi connectivity index (χ4n) is 2.16. The minimum Gasteiger partial charge on any atom is -0.478 e. The lowest BCUT2D eigenvalue weighted by Crippen LogP contribution is -2.05. The number of benzene rings is 2. The second-order valence-corrected chi connectivity index (χ2v) is 4.48. The van der Waals surface area contributed by atoms with Crippen LogP contribution >= 0.6 is 0 Å². The highest BCUT2D eigenvalue weighted by Crippen LogP contribution is 2.27. The second kappa shape index (κ2) is 5.20. The van der Waals surface area contributed by atoms with Crippen LogP contribution in [-0.4, -0.2) is 16.1 Å². The predicted octanol–water partition coefficient (Wildman–Crippen LogP) is 3.82. The molecular weight excluding hydrogens is 271 g/mol. The van der Waals surface area contributed by atoms with Crippen LogP contribution in [0.2, 0.25) is 0 Å². The molecule has 5 heteroatoms. The van der Waals surface area contributed by atoms with Crippen LogP contribution in [-0.2, 0) is 0 Å². The number of hydrogen-bond acceptors (Lipinski definition) is 3. The third kappa shape index (κ3) is 2.41. The Morgan fingerprint density at radius 3 is 2.67 bits per heavy atom. The molecule has 104 valence electrons. The summed E-state index contributed by atoms with van der Waals surface area (Å²) >= 11 is 0. The van der Waals surface area contributed by atoms with Crippen molar-refractivity contribution in [2.75, 3.05) is 5.32 Å². The van der Waals surface area contributed by atoms with E-state index < -0.39 is 17.3 Å². The summed E-state index contributed by atoms with van der Waals surface area (Å²) in [5.41, 5.74) is 0.259. The molecule has 0 aliphatic rings. The molecule has 1 heterocycles. The van der Waals surface area contributed by atoms with Crippen molar-refractivity contribution in [1.29, 1.82) is 0 Å². The normalized spacial score (nSPS) is 10.5. The summed E-state index contributed by atoms with van der Waals surface area (Å²) in [6.45, 7) is 0. The maximum atomic E-state index is 14.1. The predicted molar refractivity (Wildman–Crippen MR) is 78.4 cm³/mol. The smallest absolute Gasteiger partial charge is 0.338 e. The topological polar surface area (TPSA) is 62.2 Å². The first-order valence-electron chi connectivity index (χ1n) is 6.29. The van der Waals surface area contributed by atoms with Gasteiger partial charge in [0.15, 0.2) is 11.6 Å². The van der Waals surface area contributed by atoms with Crippen LogP contribution in [0.25, 0.3) is 10.8 Å². The van der Waals surface area contributed by atoms with E-state index in [1.165, 1.54) is 6.20 Å². The van der Waals surface area contributed by atoms with E-state index in [1.54, 1.807) is 6.07 Å². The quantitative estimate of drug-likeness (QED) is 0.766. The van der Waals surface area contributed by atoms with Gasteiger partial charge in [0.1, 0.15) is 5.56 Å². The number of pyridine rings is 1. The number of aromatic carboxylic acids is 1. The highest BCUT2D eigenvalue weighted by atomic mass is 19.1. The van der Waals surface area contributed by atoms with E-state index in [0.29, 0.717) is 5.69 Å². The maximum Gasteiger partial charge on any atom is 0.338 e. The van der Waals surface area contributed by atoms with Gasteiger partial charge in [-0.05, 0) is 17.5 Å². The first-order chi connectivity index (χ1) is 10.2. The third-order valence-electron chi connectivity index (χ3n) is 3.16. The molecule has 0 atom stereocenters. The highest BCUT2D eigenvalue weighted by molar-refractivity contribution is 5.95. The van der Waals surface area contributed by atoms with E-state index >= 15 is 0 Å². The van der Waals surface area contributed by atoms with Gasteiger partial charge < -0.3 is 10.4 Å². The lowest BCUT2D eigenvalue weighted by Gasteiger charge is -2.10. The van der Waals surface area contributed by atoms with Crippen LogP contribution in [0, 0.1) is 5.82 Å². The van der Waals surface area contributed by atoms with Crippen molar-refractivity contribution >= 4 is 28.2 Å². The van der Waals surface area contributed by atoms with Gasteiger partial charge in [0.25, 0.3) is 0 Å². The summed E-state index contributed by atoms with van der Waals surface area (Å²) < 4.78 is 14.1. The number of nitrogens with one attached hydrogen (secondary N) is 1. The number of nitrogens with zero attached hydrogens (tertiary/aromatic N) is 1. The van der Waals surface area contributed by atoms with Crippen molar-refractivity contribution in [3.8, 4) is 0 Å². The van der Waals surface area contributed by atoms with Crippen LogP contribution in [0.1, 0.15) is 10.4 Å². The van der Waals surface area contributed by atoms with Crippen molar-refractivity contribution in [3.63, 3.8) is 0 Å². The molecule has 0 saturated carbocycles. The Kier molecular flexibility index (Phi) is 3.23. The molecule has 0 amide bonds. The monoisotopic (exact) mass is 282 g/mol. The summed E-state index contributed by atoms with van der Waals surface area (Å²) in [4.78, 5) is 14.8.